The molecule has 6 nitrogen and oxygen atoms in total. The van der Waals surface area contributed by atoms with Crippen LogP contribution in [0.15, 0.2) is 0 Å². The summed E-state index contributed by atoms with van der Waals surface area (Å²) in [6, 6.07) is -0.405. The zero-order valence-electron chi connectivity index (χ0n) is 11.7. The first-order chi connectivity index (χ1) is 8.60. The van der Waals surface area contributed by atoms with Gasteiger partial charge in [-0.3, -0.25) is 15.0 Å². The lowest BCUT2D eigenvalue weighted by molar-refractivity contribution is -0.120. The zero-order valence-corrected chi connectivity index (χ0v) is 11.7. The molecule has 0 aliphatic rings. The van der Waals surface area contributed by atoms with Crippen molar-refractivity contribution in [2.45, 2.75) is 26.2 Å². The van der Waals surface area contributed by atoms with Gasteiger partial charge in [-0.15, -0.1) is 0 Å². The van der Waals surface area contributed by atoms with Crippen molar-refractivity contribution < 1.29 is 9.59 Å². The molecule has 0 bridgehead atoms. The van der Waals surface area contributed by atoms with Crippen molar-refractivity contribution in [3.05, 3.63) is 0 Å². The van der Waals surface area contributed by atoms with Crippen LogP contribution in [0.5, 0.6) is 0 Å². The smallest absolute Gasteiger partial charge is 0.321 e. The molecule has 0 unspecified atom stereocenters. The second kappa shape index (κ2) is 11.0. The highest BCUT2D eigenvalue weighted by Crippen LogP contribution is 1.86. The summed E-state index contributed by atoms with van der Waals surface area (Å²) >= 11 is 0. The quantitative estimate of drug-likeness (QED) is 0.515. The Balaban J connectivity index is 3.65. The molecule has 0 heterocycles. The van der Waals surface area contributed by atoms with Crippen molar-refractivity contribution in [3.63, 3.8) is 0 Å². The van der Waals surface area contributed by atoms with E-state index < -0.39 is 6.03 Å². The normalized spacial score (nSPS) is 10.4. The Hall–Kier alpha value is -1.14. The lowest BCUT2D eigenvalue weighted by atomic mass is 10.3. The van der Waals surface area contributed by atoms with Crippen molar-refractivity contribution in [2.75, 3.05) is 40.3 Å². The number of hydrogen-bond donors (Lipinski definition) is 3. The van der Waals surface area contributed by atoms with Gasteiger partial charge < -0.3 is 10.6 Å². The van der Waals surface area contributed by atoms with Gasteiger partial charge in [-0.05, 0) is 40.0 Å². The Bertz CT molecular complexity index is 246. The maximum atomic E-state index is 11.5. The van der Waals surface area contributed by atoms with Gasteiger partial charge >= 0.3 is 6.03 Å². The van der Waals surface area contributed by atoms with Crippen LogP contribution in [0, 0.1) is 0 Å². The molecule has 0 saturated heterocycles. The molecule has 0 spiro atoms. The topological polar surface area (TPSA) is 73.5 Å². The Labute approximate surface area is 109 Å². The zero-order chi connectivity index (χ0) is 13.8. The molecule has 0 rings (SSSR count). The molecule has 0 fully saturated rings. The predicted octanol–water partition coefficient (Wildman–Crippen LogP) is 0.154. The highest BCUT2D eigenvalue weighted by atomic mass is 16.2. The van der Waals surface area contributed by atoms with Crippen LogP contribution < -0.4 is 16.0 Å². The van der Waals surface area contributed by atoms with Crippen LogP contribution >= 0.6 is 0 Å². The van der Waals surface area contributed by atoms with Crippen LogP contribution in [0.25, 0.3) is 0 Å². The summed E-state index contributed by atoms with van der Waals surface area (Å²) in [6.45, 7) is 4.64. The lowest BCUT2D eigenvalue weighted by Gasteiger charge is -2.15. The van der Waals surface area contributed by atoms with Gasteiger partial charge in [-0.2, -0.15) is 0 Å². The number of rotatable bonds is 9. The first-order valence-electron chi connectivity index (χ1n) is 6.51. The van der Waals surface area contributed by atoms with Crippen molar-refractivity contribution in [3.8, 4) is 0 Å². The summed E-state index contributed by atoms with van der Waals surface area (Å²) in [6.07, 6.45) is 2.91. The summed E-state index contributed by atoms with van der Waals surface area (Å²) in [5, 5.41) is 8.00. The van der Waals surface area contributed by atoms with E-state index in [0.29, 0.717) is 6.54 Å². The van der Waals surface area contributed by atoms with Crippen LogP contribution in [-0.2, 0) is 4.79 Å². The van der Waals surface area contributed by atoms with Crippen molar-refractivity contribution >= 4 is 11.9 Å². The molecular weight excluding hydrogens is 232 g/mol. The number of urea groups is 1. The van der Waals surface area contributed by atoms with Gasteiger partial charge in [0.05, 0.1) is 6.54 Å². The highest BCUT2D eigenvalue weighted by Gasteiger charge is 2.09. The predicted molar refractivity (Wildman–Crippen MR) is 72.5 cm³/mol. The first-order valence-corrected chi connectivity index (χ1v) is 6.51. The Morgan fingerprint density at radius 2 is 1.89 bits per heavy atom. The summed E-state index contributed by atoms with van der Waals surface area (Å²) in [5.74, 6) is -0.268. The van der Waals surface area contributed by atoms with Gasteiger partial charge in [0.1, 0.15) is 0 Å². The Morgan fingerprint density at radius 3 is 2.50 bits per heavy atom. The fourth-order valence-electron chi connectivity index (χ4n) is 1.44. The van der Waals surface area contributed by atoms with E-state index in [1.165, 1.54) is 0 Å². The first kappa shape index (κ1) is 16.9. The van der Waals surface area contributed by atoms with Gasteiger partial charge in [0.2, 0.25) is 5.91 Å². The van der Waals surface area contributed by atoms with Crippen molar-refractivity contribution in [1.82, 2.24) is 20.9 Å². The Kier molecular flexibility index (Phi) is 10.3. The number of carbonyl (C=O) groups excluding carboxylic acids is 2. The fourth-order valence-corrected chi connectivity index (χ4v) is 1.44. The molecule has 18 heavy (non-hydrogen) atoms. The summed E-state index contributed by atoms with van der Waals surface area (Å²) < 4.78 is 0. The van der Waals surface area contributed by atoms with Gasteiger partial charge in [-0.25, -0.2) is 4.79 Å². The SMILES string of the molecule is CCCCNC(=O)NC(=O)CN(C)CCCNC. The van der Waals surface area contributed by atoms with E-state index in [1.807, 2.05) is 25.9 Å². The number of unbranched alkanes of at least 4 members (excludes halogenated alkanes) is 1. The molecule has 0 aromatic carbocycles. The second-order valence-corrected chi connectivity index (χ2v) is 4.35. The van der Waals surface area contributed by atoms with Crippen LogP contribution in [-0.4, -0.2) is 57.1 Å². The largest absolute Gasteiger partial charge is 0.338 e. The monoisotopic (exact) mass is 258 g/mol. The molecule has 6 heteroatoms. The molecule has 0 aliphatic carbocycles. The molecule has 0 aromatic rings. The number of nitrogens with zero attached hydrogens (tertiary/aromatic N) is 1. The number of likely N-dealkylation sites (N-methyl/N-ethyl adjacent to an activating group) is 1. The van der Waals surface area contributed by atoms with Gasteiger partial charge in [0, 0.05) is 6.54 Å². The van der Waals surface area contributed by atoms with E-state index >= 15 is 0 Å². The van der Waals surface area contributed by atoms with Crippen molar-refractivity contribution in [2.24, 2.45) is 0 Å². The third kappa shape index (κ3) is 10.0. The number of nitrogens with one attached hydrogen (secondary N) is 3. The average Bonchev–Trinajstić information content (AvgIpc) is 2.29. The van der Waals surface area contributed by atoms with Gasteiger partial charge in [-0.1, -0.05) is 13.3 Å². The number of hydrogen-bond acceptors (Lipinski definition) is 4. The molecule has 3 amide bonds. The van der Waals surface area contributed by atoms with Crippen molar-refractivity contribution in [1.29, 1.82) is 0 Å². The number of carbonyl (C=O) groups is 2. The maximum Gasteiger partial charge on any atom is 0.321 e. The molecule has 0 atom stereocenters. The summed E-state index contributed by atoms with van der Waals surface area (Å²) in [5.41, 5.74) is 0. The van der Waals surface area contributed by atoms with E-state index in [2.05, 4.69) is 16.0 Å². The molecule has 106 valence electrons. The molecule has 0 aromatic heterocycles. The summed E-state index contributed by atoms with van der Waals surface area (Å²) in [7, 11) is 3.76. The minimum absolute atomic E-state index is 0.241. The van der Waals surface area contributed by atoms with Crippen LogP contribution in [0.1, 0.15) is 26.2 Å². The third-order valence-corrected chi connectivity index (χ3v) is 2.45. The number of imide groups is 1. The molecule has 0 saturated carbocycles. The molecule has 3 N–H and O–H groups in total. The third-order valence-electron chi connectivity index (χ3n) is 2.45. The highest BCUT2D eigenvalue weighted by molar-refractivity contribution is 5.95. The Morgan fingerprint density at radius 1 is 1.17 bits per heavy atom. The van der Waals surface area contributed by atoms with Crippen LogP contribution in [0.4, 0.5) is 4.79 Å². The summed E-state index contributed by atoms with van der Waals surface area (Å²) in [4.78, 5) is 24.7. The van der Waals surface area contributed by atoms with Crippen LogP contribution in [0.2, 0.25) is 0 Å². The second-order valence-electron chi connectivity index (χ2n) is 4.35. The van der Waals surface area contributed by atoms with Gasteiger partial charge in [0.15, 0.2) is 0 Å². The van der Waals surface area contributed by atoms with E-state index in [4.69, 9.17) is 0 Å². The lowest BCUT2D eigenvalue weighted by Crippen LogP contribution is -2.44. The van der Waals surface area contributed by atoms with Gasteiger partial charge in [0.25, 0.3) is 0 Å². The standard InChI is InChI=1S/C12H26N4O2/c1-4-5-8-14-12(18)15-11(17)10-16(3)9-6-7-13-2/h13H,4-10H2,1-3H3,(H2,14,15,17,18). The maximum absolute atomic E-state index is 11.5. The average molecular weight is 258 g/mol. The minimum Gasteiger partial charge on any atom is -0.338 e. The van der Waals surface area contributed by atoms with E-state index in [-0.39, 0.29) is 12.5 Å². The molecule has 0 radical (unpaired) electrons. The number of amides is 3. The van der Waals surface area contributed by atoms with E-state index in [1.54, 1.807) is 0 Å². The molecular formula is C12H26N4O2. The van der Waals surface area contributed by atoms with Crippen LogP contribution in [0.3, 0.4) is 0 Å². The van der Waals surface area contributed by atoms with E-state index in [0.717, 1.165) is 32.4 Å². The minimum atomic E-state index is -0.405. The molecule has 0 aliphatic heterocycles. The van der Waals surface area contributed by atoms with E-state index in [9.17, 15) is 9.59 Å². The fraction of sp³-hybridized carbons (Fsp3) is 0.833.